The van der Waals surface area contributed by atoms with Gasteiger partial charge in [0.1, 0.15) is 0 Å². The molecule has 0 spiro atoms. The lowest BCUT2D eigenvalue weighted by Gasteiger charge is -2.06. The van der Waals surface area contributed by atoms with Crippen molar-refractivity contribution in [3.05, 3.63) is 90.4 Å². The molecule has 3 heterocycles. The highest BCUT2D eigenvalue weighted by molar-refractivity contribution is 7.98. The van der Waals surface area contributed by atoms with Crippen molar-refractivity contribution >= 4 is 28.3 Å². The van der Waals surface area contributed by atoms with Gasteiger partial charge in [0, 0.05) is 28.5 Å². The van der Waals surface area contributed by atoms with Crippen LogP contribution in [0, 0.1) is 0 Å². The Balaban J connectivity index is 1.51. The number of hydrogen-bond donors (Lipinski definition) is 0. The summed E-state index contributed by atoms with van der Waals surface area (Å²) in [6, 6.07) is 23.0. The van der Waals surface area contributed by atoms with Gasteiger partial charge >= 0.3 is 0 Å². The molecule has 5 aromatic rings. The largest absolute Gasteiger partial charge is 0.256 e. The molecular formula is C23H18N4S. The summed E-state index contributed by atoms with van der Waals surface area (Å²) in [5, 5.41) is 6.00. The monoisotopic (exact) mass is 382 g/mol. The van der Waals surface area contributed by atoms with E-state index in [0.29, 0.717) is 0 Å². The summed E-state index contributed by atoms with van der Waals surface area (Å²) in [4.78, 5) is 10.2. The van der Waals surface area contributed by atoms with E-state index in [1.807, 2.05) is 35.1 Å². The van der Waals surface area contributed by atoms with Crippen LogP contribution in [-0.4, -0.2) is 25.8 Å². The van der Waals surface area contributed by atoms with E-state index in [1.54, 1.807) is 11.8 Å². The van der Waals surface area contributed by atoms with Crippen molar-refractivity contribution in [2.24, 2.45) is 0 Å². The third-order valence-corrected chi connectivity index (χ3v) is 5.61. The Labute approximate surface area is 167 Å². The Morgan fingerprint density at radius 3 is 2.68 bits per heavy atom. The van der Waals surface area contributed by atoms with Gasteiger partial charge in [0.2, 0.25) is 0 Å². The van der Waals surface area contributed by atoms with Gasteiger partial charge in [-0.3, -0.25) is 4.98 Å². The quantitative estimate of drug-likeness (QED) is 0.398. The Morgan fingerprint density at radius 1 is 0.929 bits per heavy atom. The highest BCUT2D eigenvalue weighted by Gasteiger charge is 2.09. The third kappa shape index (κ3) is 3.14. The van der Waals surface area contributed by atoms with Crippen LogP contribution >= 0.6 is 11.8 Å². The van der Waals surface area contributed by atoms with E-state index < -0.39 is 0 Å². The summed E-state index contributed by atoms with van der Waals surface area (Å²) in [7, 11) is 0. The topological polar surface area (TPSA) is 43.1 Å². The van der Waals surface area contributed by atoms with E-state index in [2.05, 4.69) is 64.8 Å². The zero-order valence-electron chi connectivity index (χ0n) is 15.4. The van der Waals surface area contributed by atoms with Crippen LogP contribution in [0.4, 0.5) is 0 Å². The lowest BCUT2D eigenvalue weighted by atomic mass is 10.1. The fourth-order valence-electron chi connectivity index (χ4n) is 3.40. The molecule has 0 fully saturated rings. The number of fused-ring (bicyclic) bond motifs is 2. The van der Waals surface area contributed by atoms with Crippen molar-refractivity contribution < 1.29 is 0 Å². The summed E-state index contributed by atoms with van der Waals surface area (Å²) >= 11 is 1.74. The maximum Gasteiger partial charge on any atom is 0.153 e. The van der Waals surface area contributed by atoms with Gasteiger partial charge in [-0.05, 0) is 54.3 Å². The van der Waals surface area contributed by atoms with E-state index in [1.165, 1.54) is 10.5 Å². The molecule has 5 heteroatoms. The van der Waals surface area contributed by atoms with Gasteiger partial charge in [0.25, 0.3) is 0 Å². The summed E-state index contributed by atoms with van der Waals surface area (Å²) in [5.41, 5.74) is 6.22. The molecule has 28 heavy (non-hydrogen) atoms. The summed E-state index contributed by atoms with van der Waals surface area (Å²) in [5.74, 6) is 0. The van der Waals surface area contributed by atoms with E-state index in [-0.39, 0.29) is 0 Å². The van der Waals surface area contributed by atoms with Crippen LogP contribution < -0.4 is 0 Å². The summed E-state index contributed by atoms with van der Waals surface area (Å²) < 4.78 is 1.95. The molecule has 4 nitrogen and oxygen atoms in total. The predicted molar refractivity (Wildman–Crippen MR) is 115 cm³/mol. The van der Waals surface area contributed by atoms with Crippen molar-refractivity contribution in [1.29, 1.82) is 0 Å². The molecule has 0 aliphatic rings. The van der Waals surface area contributed by atoms with Gasteiger partial charge in [-0.25, -0.2) is 9.50 Å². The molecule has 0 aliphatic carbocycles. The van der Waals surface area contributed by atoms with E-state index in [0.717, 1.165) is 39.9 Å². The van der Waals surface area contributed by atoms with E-state index >= 15 is 0 Å². The van der Waals surface area contributed by atoms with Gasteiger partial charge in [-0.15, -0.1) is 11.8 Å². The van der Waals surface area contributed by atoms with Crippen LogP contribution in [-0.2, 0) is 6.42 Å². The average Bonchev–Trinajstić information content (AvgIpc) is 3.16. The Morgan fingerprint density at radius 2 is 1.82 bits per heavy atom. The van der Waals surface area contributed by atoms with Gasteiger partial charge in [0.05, 0.1) is 23.1 Å². The van der Waals surface area contributed by atoms with Crippen LogP contribution in [0.15, 0.2) is 84.0 Å². The summed E-state index contributed by atoms with van der Waals surface area (Å²) in [6.07, 6.45) is 6.59. The Kier molecular flexibility index (Phi) is 4.29. The van der Waals surface area contributed by atoms with Crippen molar-refractivity contribution in [3.63, 3.8) is 0 Å². The first-order valence-electron chi connectivity index (χ1n) is 9.12. The molecule has 5 rings (SSSR count). The maximum atomic E-state index is 4.85. The highest BCUT2D eigenvalue weighted by Crippen LogP contribution is 2.23. The molecule has 0 radical (unpaired) electrons. The number of nitrogens with zero attached hydrogens (tertiary/aromatic N) is 4. The van der Waals surface area contributed by atoms with Gasteiger partial charge in [0.15, 0.2) is 5.65 Å². The first kappa shape index (κ1) is 17.0. The molecule has 2 aromatic carbocycles. The first-order valence-corrected chi connectivity index (χ1v) is 10.3. The van der Waals surface area contributed by atoms with Crippen molar-refractivity contribution in [3.8, 4) is 11.3 Å². The second-order valence-corrected chi connectivity index (χ2v) is 7.55. The molecule has 0 aliphatic heterocycles. The van der Waals surface area contributed by atoms with Crippen LogP contribution in [0.5, 0.6) is 0 Å². The van der Waals surface area contributed by atoms with Crippen molar-refractivity contribution in [1.82, 2.24) is 19.6 Å². The molecule has 0 saturated carbocycles. The maximum absolute atomic E-state index is 4.85. The van der Waals surface area contributed by atoms with Crippen LogP contribution in [0.2, 0.25) is 0 Å². The van der Waals surface area contributed by atoms with Crippen molar-refractivity contribution in [2.75, 3.05) is 6.26 Å². The second-order valence-electron chi connectivity index (χ2n) is 6.67. The van der Waals surface area contributed by atoms with E-state index in [9.17, 15) is 0 Å². The van der Waals surface area contributed by atoms with Crippen LogP contribution in [0.25, 0.3) is 27.8 Å². The number of thioether (sulfide) groups is 1. The molecule has 0 atom stereocenters. The molecule has 136 valence electrons. The molecule has 0 amide bonds. The number of benzene rings is 2. The normalized spacial score (nSPS) is 11.3. The first-order chi connectivity index (χ1) is 13.8. The highest BCUT2D eigenvalue weighted by atomic mass is 32.2. The standard InChI is InChI=1S/C23H18N4S/c1-28-20-7-5-17(6-8-20)22-10-11-23-25-15-19(27(23)26-22)14-16-4-9-21-18(13-16)3-2-12-24-21/h2-13,15H,14H2,1H3. The fourth-order valence-corrected chi connectivity index (χ4v) is 3.81. The molecule has 3 aromatic heterocycles. The average molecular weight is 382 g/mol. The lowest BCUT2D eigenvalue weighted by molar-refractivity contribution is 0.876. The van der Waals surface area contributed by atoms with Gasteiger partial charge < -0.3 is 0 Å². The Bertz CT molecular complexity index is 1280. The molecule has 0 unspecified atom stereocenters. The minimum Gasteiger partial charge on any atom is -0.256 e. The molecular weight excluding hydrogens is 364 g/mol. The number of rotatable bonds is 4. The summed E-state index contributed by atoms with van der Waals surface area (Å²) in [6.45, 7) is 0. The van der Waals surface area contributed by atoms with Crippen LogP contribution in [0.1, 0.15) is 11.3 Å². The van der Waals surface area contributed by atoms with E-state index in [4.69, 9.17) is 5.10 Å². The minimum absolute atomic E-state index is 0.772. The zero-order chi connectivity index (χ0) is 18.9. The fraction of sp³-hybridized carbons (Fsp3) is 0.0870. The molecule has 0 bridgehead atoms. The number of pyridine rings is 1. The number of imidazole rings is 1. The zero-order valence-corrected chi connectivity index (χ0v) is 16.2. The molecule has 0 saturated heterocycles. The Hall–Kier alpha value is -3.18. The predicted octanol–water partition coefficient (Wildman–Crippen LogP) is 5.26. The smallest absolute Gasteiger partial charge is 0.153 e. The van der Waals surface area contributed by atoms with Gasteiger partial charge in [-0.2, -0.15) is 5.10 Å². The minimum atomic E-state index is 0.772. The number of aromatic nitrogens is 4. The number of hydrogen-bond acceptors (Lipinski definition) is 4. The molecule has 0 N–H and O–H groups in total. The lowest BCUT2D eigenvalue weighted by Crippen LogP contribution is -2.00. The van der Waals surface area contributed by atoms with Crippen molar-refractivity contribution in [2.45, 2.75) is 11.3 Å². The second kappa shape index (κ2) is 7.09. The van der Waals surface area contributed by atoms with Gasteiger partial charge in [-0.1, -0.05) is 24.3 Å². The SMILES string of the molecule is CSc1ccc(-c2ccc3ncc(Cc4ccc5ncccc5c4)n3n2)cc1. The van der Waals surface area contributed by atoms with Crippen LogP contribution in [0.3, 0.4) is 0 Å². The third-order valence-electron chi connectivity index (χ3n) is 4.87.